The molecule has 0 aromatic heterocycles. The molecule has 1 aliphatic heterocycles. The molecule has 1 aliphatic rings. The van der Waals surface area contributed by atoms with E-state index >= 15 is 0 Å². The zero-order chi connectivity index (χ0) is 2.99. The Morgan fingerprint density at radius 1 is 1.80 bits per heavy atom. The minimum absolute atomic E-state index is 0. The van der Waals surface area contributed by atoms with Crippen LogP contribution in [-0.4, -0.2) is 12.7 Å². The van der Waals surface area contributed by atoms with E-state index in [1.54, 1.807) is 0 Å². The first kappa shape index (κ1) is 5.48. The number of hydrogen-bond donors (Lipinski definition) is 0. The van der Waals surface area contributed by atoms with Crippen molar-refractivity contribution >= 4 is 0 Å². The molecule has 1 heterocycles. The zero-order valence-corrected chi connectivity index (χ0v) is 3.94. The Labute approximate surface area is 42.2 Å². The number of ether oxygens (including phenoxy) is 1. The van der Waals surface area contributed by atoms with Gasteiger partial charge in [-0.1, -0.05) is 0 Å². The van der Waals surface area contributed by atoms with Crippen molar-refractivity contribution in [2.24, 2.45) is 0 Å². The van der Waals surface area contributed by atoms with Crippen molar-refractivity contribution in [2.45, 2.75) is 13.0 Å². The number of rotatable bonds is 0. The van der Waals surface area contributed by atoms with Gasteiger partial charge in [0.2, 0.25) is 0 Å². The maximum absolute atomic E-state index is 4.71. The van der Waals surface area contributed by atoms with E-state index in [4.69, 9.17) is 4.74 Å². The van der Waals surface area contributed by atoms with Gasteiger partial charge in [0.05, 0.1) is 12.7 Å². The standard InChI is InChI=1S/C3H6O.Cu/c1-3-2-4-3;/h3H,2H2,1H3;. The van der Waals surface area contributed by atoms with E-state index < -0.39 is 0 Å². The maximum atomic E-state index is 4.71. The quantitative estimate of drug-likeness (QED) is 0.334. The molecule has 0 aromatic carbocycles. The van der Waals surface area contributed by atoms with Crippen molar-refractivity contribution in [1.82, 2.24) is 0 Å². The summed E-state index contributed by atoms with van der Waals surface area (Å²) >= 11 is 0. The first-order valence-corrected chi connectivity index (χ1v) is 1.51. The van der Waals surface area contributed by atoms with Crippen molar-refractivity contribution in [3.8, 4) is 0 Å². The van der Waals surface area contributed by atoms with Crippen molar-refractivity contribution in [3.63, 3.8) is 0 Å². The van der Waals surface area contributed by atoms with Crippen LogP contribution in [-0.2, 0) is 21.8 Å². The molecule has 1 unspecified atom stereocenters. The molecule has 1 atom stereocenters. The van der Waals surface area contributed by atoms with E-state index in [-0.39, 0.29) is 17.1 Å². The second-order valence-electron chi connectivity index (χ2n) is 1.14. The number of hydrogen-bond acceptors (Lipinski definition) is 1. The molecule has 1 radical (unpaired) electrons. The molecule has 0 N–H and O–H groups in total. The van der Waals surface area contributed by atoms with Gasteiger partial charge in [0, 0.05) is 17.1 Å². The molecule has 2 heteroatoms. The smallest absolute Gasteiger partial charge is 0.0781 e. The summed E-state index contributed by atoms with van der Waals surface area (Å²) in [5, 5.41) is 0. The van der Waals surface area contributed by atoms with Crippen molar-refractivity contribution in [2.75, 3.05) is 6.61 Å². The van der Waals surface area contributed by atoms with Crippen LogP contribution in [0.5, 0.6) is 0 Å². The van der Waals surface area contributed by atoms with Crippen LogP contribution in [0.2, 0.25) is 0 Å². The van der Waals surface area contributed by atoms with Crippen LogP contribution in [0, 0.1) is 0 Å². The first-order chi connectivity index (χ1) is 1.89. The van der Waals surface area contributed by atoms with E-state index in [0.29, 0.717) is 6.10 Å². The Balaban J connectivity index is 0.000000160. The van der Waals surface area contributed by atoms with Crippen LogP contribution in [0.25, 0.3) is 0 Å². The summed E-state index contributed by atoms with van der Waals surface area (Å²) in [5.41, 5.74) is 0. The van der Waals surface area contributed by atoms with E-state index in [2.05, 4.69) is 6.92 Å². The molecule has 1 fully saturated rings. The van der Waals surface area contributed by atoms with E-state index in [0.717, 1.165) is 6.61 Å². The second kappa shape index (κ2) is 1.81. The molecule has 1 nitrogen and oxygen atoms in total. The fraction of sp³-hybridized carbons (Fsp3) is 1.00. The normalized spacial score (nSPS) is 31.8. The van der Waals surface area contributed by atoms with Crippen LogP contribution in [0.3, 0.4) is 0 Å². The summed E-state index contributed by atoms with van der Waals surface area (Å²) in [4.78, 5) is 0. The van der Waals surface area contributed by atoms with Crippen LogP contribution >= 0.6 is 0 Å². The predicted octanol–water partition coefficient (Wildman–Crippen LogP) is 0.403. The molecule has 0 aliphatic carbocycles. The molecular formula is C3H6CuO. The molecular weight excluding hydrogens is 116 g/mol. The Morgan fingerprint density at radius 2 is 2.00 bits per heavy atom. The largest absolute Gasteiger partial charge is 0.373 e. The molecule has 0 bridgehead atoms. The minimum atomic E-state index is 0. The van der Waals surface area contributed by atoms with Crippen molar-refractivity contribution in [3.05, 3.63) is 0 Å². The van der Waals surface area contributed by atoms with Gasteiger partial charge in [0.25, 0.3) is 0 Å². The summed E-state index contributed by atoms with van der Waals surface area (Å²) in [6.07, 6.45) is 0.583. The number of epoxide rings is 1. The van der Waals surface area contributed by atoms with Gasteiger partial charge in [-0.3, -0.25) is 0 Å². The molecule has 0 amide bonds. The first-order valence-electron chi connectivity index (χ1n) is 1.51. The van der Waals surface area contributed by atoms with E-state index in [1.807, 2.05) is 0 Å². The van der Waals surface area contributed by atoms with Crippen LogP contribution in [0.15, 0.2) is 0 Å². The van der Waals surface area contributed by atoms with Gasteiger partial charge >= 0.3 is 0 Å². The van der Waals surface area contributed by atoms with Crippen LogP contribution < -0.4 is 0 Å². The third-order valence-electron chi connectivity index (χ3n) is 0.500. The predicted molar refractivity (Wildman–Crippen MR) is 15.4 cm³/mol. The summed E-state index contributed by atoms with van der Waals surface area (Å²) in [6, 6.07) is 0. The van der Waals surface area contributed by atoms with Crippen LogP contribution in [0.4, 0.5) is 0 Å². The molecule has 5 heavy (non-hydrogen) atoms. The average molecular weight is 122 g/mol. The molecule has 1 saturated heterocycles. The van der Waals surface area contributed by atoms with Gasteiger partial charge in [-0.2, -0.15) is 0 Å². The van der Waals surface area contributed by atoms with Gasteiger partial charge in [-0.15, -0.1) is 0 Å². The third kappa shape index (κ3) is 2.27. The van der Waals surface area contributed by atoms with Gasteiger partial charge in [0.15, 0.2) is 0 Å². The van der Waals surface area contributed by atoms with E-state index in [9.17, 15) is 0 Å². The minimum Gasteiger partial charge on any atom is -0.373 e. The van der Waals surface area contributed by atoms with E-state index in [1.165, 1.54) is 0 Å². The molecule has 0 spiro atoms. The summed E-state index contributed by atoms with van der Waals surface area (Å²) < 4.78 is 4.71. The maximum Gasteiger partial charge on any atom is 0.0781 e. The Morgan fingerprint density at radius 3 is 2.00 bits per heavy atom. The third-order valence-corrected chi connectivity index (χ3v) is 0.500. The monoisotopic (exact) mass is 121 g/mol. The topological polar surface area (TPSA) is 12.5 Å². The average Bonchev–Trinajstić information content (AvgIpc) is 1.75. The van der Waals surface area contributed by atoms with Gasteiger partial charge in [-0.25, -0.2) is 0 Å². The zero-order valence-electron chi connectivity index (χ0n) is 2.99. The Hall–Kier alpha value is 0.479. The Bertz CT molecular complexity index is 26.1. The molecule has 35 valence electrons. The molecule has 0 aromatic rings. The van der Waals surface area contributed by atoms with Gasteiger partial charge in [-0.05, 0) is 6.92 Å². The van der Waals surface area contributed by atoms with Crippen LogP contribution in [0.1, 0.15) is 6.92 Å². The fourth-order valence-electron chi connectivity index (χ4n) is 0.0962. The SMILES string of the molecule is CC1CO1.[Cu]. The second-order valence-corrected chi connectivity index (χ2v) is 1.14. The van der Waals surface area contributed by atoms with Crippen molar-refractivity contribution < 1.29 is 21.8 Å². The van der Waals surface area contributed by atoms with Gasteiger partial charge < -0.3 is 4.74 Å². The summed E-state index contributed by atoms with van der Waals surface area (Å²) in [7, 11) is 0. The fourth-order valence-corrected chi connectivity index (χ4v) is 0.0962. The molecule has 0 saturated carbocycles. The van der Waals surface area contributed by atoms with Crippen molar-refractivity contribution in [1.29, 1.82) is 0 Å². The Kier molecular flexibility index (Phi) is 1.98. The molecule has 1 rings (SSSR count). The van der Waals surface area contributed by atoms with Gasteiger partial charge in [0.1, 0.15) is 0 Å². The summed E-state index contributed by atoms with van der Waals surface area (Å²) in [6.45, 7) is 3.04. The summed E-state index contributed by atoms with van der Waals surface area (Å²) in [5.74, 6) is 0.